The van der Waals surface area contributed by atoms with Gasteiger partial charge in [0.2, 0.25) is 0 Å². The minimum Gasteiger partial charge on any atom is -0.442 e. The number of nitrogens with zero attached hydrogens (tertiary/aromatic N) is 2. The summed E-state index contributed by atoms with van der Waals surface area (Å²) in [5, 5.41) is 4.24. The molecule has 2 aliphatic heterocycles. The number of primary amides is 1. The summed E-state index contributed by atoms with van der Waals surface area (Å²) in [6.07, 6.45) is 0. The minimum atomic E-state index is -0.460. The molecule has 3 N–H and O–H groups in total. The molecule has 0 spiro atoms. The number of carbonyl (C=O) groups is 3. The number of carbonyl (C=O) groups excluding carboxylic acids is 3. The van der Waals surface area contributed by atoms with Crippen LogP contribution in [0, 0.1) is 0 Å². The van der Waals surface area contributed by atoms with Crippen LogP contribution in [0.5, 0.6) is 5.75 Å². The Morgan fingerprint density at radius 2 is 1.81 bits per heavy atom. The summed E-state index contributed by atoms with van der Waals surface area (Å²) in [5.41, 5.74) is 2.58. The third kappa shape index (κ3) is 2.72. The molecule has 2 aromatic carbocycles. The highest BCUT2D eigenvalue weighted by Gasteiger charge is 2.43. The summed E-state index contributed by atoms with van der Waals surface area (Å²) < 4.78 is 5.75. The van der Waals surface area contributed by atoms with Crippen LogP contribution in [0.1, 0.15) is 10.4 Å². The molecule has 0 bridgehead atoms. The van der Waals surface area contributed by atoms with Crippen LogP contribution in [0.4, 0.5) is 11.4 Å². The molecule has 0 aliphatic carbocycles. The maximum Gasteiger partial charge on any atom is 0.405 e. The average molecular weight is 365 g/mol. The smallest absolute Gasteiger partial charge is 0.405 e. The van der Waals surface area contributed by atoms with Crippen molar-refractivity contribution >= 4 is 29.1 Å². The van der Waals surface area contributed by atoms with E-state index in [0.717, 1.165) is 0 Å². The zero-order chi connectivity index (χ0) is 19.1. The molecule has 2 aliphatic rings. The van der Waals surface area contributed by atoms with Gasteiger partial charge in [-0.3, -0.25) is 9.59 Å². The molecular formula is C19H17N4O4+. The van der Waals surface area contributed by atoms with Crippen LogP contribution in [0.2, 0.25) is 0 Å². The van der Waals surface area contributed by atoms with Crippen molar-refractivity contribution in [3.63, 3.8) is 0 Å². The Morgan fingerprint density at radius 3 is 2.52 bits per heavy atom. The van der Waals surface area contributed by atoms with E-state index >= 15 is 0 Å². The molecule has 0 radical (unpaired) electrons. The van der Waals surface area contributed by atoms with Gasteiger partial charge in [-0.05, 0) is 24.3 Å². The zero-order valence-corrected chi connectivity index (χ0v) is 14.7. The first-order valence-corrected chi connectivity index (χ1v) is 8.29. The Labute approximate surface area is 155 Å². The highest BCUT2D eigenvalue weighted by atomic mass is 16.5. The van der Waals surface area contributed by atoms with E-state index in [-0.39, 0.29) is 23.1 Å². The molecule has 27 heavy (non-hydrogen) atoms. The Balaban J connectivity index is 1.74. The number of hydrogen-bond donors (Lipinski definition) is 2. The van der Waals surface area contributed by atoms with Crippen molar-refractivity contribution in [3.8, 4) is 5.75 Å². The van der Waals surface area contributed by atoms with Gasteiger partial charge in [0.05, 0.1) is 16.9 Å². The van der Waals surface area contributed by atoms with E-state index in [2.05, 4.69) is 5.32 Å². The number of nitrogens with two attached hydrogens (primary N) is 1. The molecule has 0 saturated heterocycles. The maximum absolute atomic E-state index is 12.9. The van der Waals surface area contributed by atoms with Gasteiger partial charge in [0.1, 0.15) is 0 Å². The van der Waals surface area contributed by atoms with Gasteiger partial charge in [-0.25, -0.2) is 4.79 Å². The number of fused-ring (bicyclic) bond motifs is 1. The second-order valence-electron chi connectivity index (χ2n) is 6.32. The molecule has 3 amide bonds. The predicted molar refractivity (Wildman–Crippen MR) is 96.6 cm³/mol. The minimum absolute atomic E-state index is 0.0494. The van der Waals surface area contributed by atoms with E-state index in [1.807, 2.05) is 6.07 Å². The Bertz CT molecular complexity index is 998. The lowest BCUT2D eigenvalue weighted by atomic mass is 10.1. The summed E-state index contributed by atoms with van der Waals surface area (Å²) in [6.45, 7) is 0. The van der Waals surface area contributed by atoms with Crippen molar-refractivity contribution in [2.75, 3.05) is 24.4 Å². The Kier molecular flexibility index (Phi) is 3.89. The first-order valence-electron chi connectivity index (χ1n) is 8.29. The first kappa shape index (κ1) is 16.8. The summed E-state index contributed by atoms with van der Waals surface area (Å²) in [6, 6.07) is 13.9. The van der Waals surface area contributed by atoms with Gasteiger partial charge in [0.15, 0.2) is 11.4 Å². The van der Waals surface area contributed by atoms with Crippen LogP contribution in [0.15, 0.2) is 60.0 Å². The van der Waals surface area contributed by atoms with Gasteiger partial charge in [0, 0.05) is 14.1 Å². The van der Waals surface area contributed by atoms with Crippen molar-refractivity contribution in [3.05, 3.63) is 65.6 Å². The van der Waals surface area contributed by atoms with Crippen LogP contribution < -0.4 is 20.5 Å². The molecule has 2 heterocycles. The number of para-hydroxylation sites is 2. The molecule has 8 nitrogen and oxygen atoms in total. The number of quaternary nitrogens is 1. The number of nitrogens with one attached hydrogen (secondary N) is 1. The van der Waals surface area contributed by atoms with Gasteiger partial charge in [-0.1, -0.05) is 24.3 Å². The van der Waals surface area contributed by atoms with Crippen molar-refractivity contribution < 1.29 is 24.5 Å². The van der Waals surface area contributed by atoms with E-state index in [0.29, 0.717) is 16.9 Å². The SMILES string of the molecule is CN(C)C(=O)c1cccc2c1OC1=C(N2)C(=O)N(c2ccccc2)[NH2+]C1=O. The molecule has 0 fully saturated rings. The van der Waals surface area contributed by atoms with Gasteiger partial charge in [-0.2, -0.15) is 5.43 Å². The fraction of sp³-hybridized carbons (Fsp3) is 0.105. The second kappa shape index (κ2) is 6.26. The maximum atomic E-state index is 12.9. The van der Waals surface area contributed by atoms with Crippen molar-refractivity contribution in [2.45, 2.75) is 0 Å². The van der Waals surface area contributed by atoms with E-state index < -0.39 is 11.8 Å². The lowest BCUT2D eigenvalue weighted by Gasteiger charge is -2.30. The summed E-state index contributed by atoms with van der Waals surface area (Å²) in [4.78, 5) is 39.3. The molecular weight excluding hydrogens is 348 g/mol. The zero-order valence-electron chi connectivity index (χ0n) is 14.7. The monoisotopic (exact) mass is 365 g/mol. The second-order valence-corrected chi connectivity index (χ2v) is 6.32. The topological polar surface area (TPSA) is 95.6 Å². The first-order chi connectivity index (χ1) is 13.0. The summed E-state index contributed by atoms with van der Waals surface area (Å²) in [7, 11) is 3.26. The van der Waals surface area contributed by atoms with Crippen LogP contribution in [-0.2, 0) is 9.59 Å². The van der Waals surface area contributed by atoms with E-state index in [1.54, 1.807) is 56.6 Å². The standard InChI is InChI=1S/C19H16N4O4/c1-22(2)18(25)12-9-6-10-13-15(12)27-16-14(20-13)19(26)23(21-17(16)24)11-7-4-3-5-8-11/h3-10,20H,1-2H3,(H,21,24)/p+1. The van der Waals surface area contributed by atoms with E-state index in [4.69, 9.17) is 4.74 Å². The lowest BCUT2D eigenvalue weighted by Crippen LogP contribution is -3.01. The fourth-order valence-corrected chi connectivity index (χ4v) is 2.96. The Hall–Kier alpha value is -3.65. The molecule has 0 unspecified atom stereocenters. The largest absolute Gasteiger partial charge is 0.442 e. The fourth-order valence-electron chi connectivity index (χ4n) is 2.96. The number of anilines is 2. The third-order valence-corrected chi connectivity index (χ3v) is 4.28. The third-order valence-electron chi connectivity index (χ3n) is 4.28. The molecule has 0 atom stereocenters. The van der Waals surface area contributed by atoms with Gasteiger partial charge in [0.25, 0.3) is 11.7 Å². The van der Waals surface area contributed by atoms with Gasteiger partial charge >= 0.3 is 11.8 Å². The number of benzene rings is 2. The highest BCUT2D eigenvalue weighted by molar-refractivity contribution is 6.14. The lowest BCUT2D eigenvalue weighted by molar-refractivity contribution is -0.570. The Morgan fingerprint density at radius 1 is 1.07 bits per heavy atom. The predicted octanol–water partition coefficient (Wildman–Crippen LogP) is 0.456. The van der Waals surface area contributed by atoms with Crippen molar-refractivity contribution in [2.24, 2.45) is 0 Å². The van der Waals surface area contributed by atoms with Crippen LogP contribution >= 0.6 is 0 Å². The quantitative estimate of drug-likeness (QED) is 0.595. The summed E-state index contributed by atoms with van der Waals surface area (Å²) in [5.74, 6) is -1.01. The van der Waals surface area contributed by atoms with Crippen LogP contribution in [0.3, 0.4) is 0 Å². The van der Waals surface area contributed by atoms with E-state index in [9.17, 15) is 14.4 Å². The van der Waals surface area contributed by atoms with Gasteiger partial charge < -0.3 is 15.0 Å². The normalized spacial score (nSPS) is 15.6. The van der Waals surface area contributed by atoms with Crippen LogP contribution in [0.25, 0.3) is 0 Å². The number of ether oxygens (including phenoxy) is 1. The van der Waals surface area contributed by atoms with Crippen LogP contribution in [-0.4, -0.2) is 36.7 Å². The van der Waals surface area contributed by atoms with Crippen molar-refractivity contribution in [1.82, 2.24) is 4.90 Å². The number of amides is 3. The molecule has 8 heteroatoms. The molecule has 4 rings (SSSR count). The van der Waals surface area contributed by atoms with E-state index in [1.165, 1.54) is 15.3 Å². The molecule has 136 valence electrons. The van der Waals surface area contributed by atoms with Crippen molar-refractivity contribution in [1.29, 1.82) is 0 Å². The molecule has 0 aromatic heterocycles. The average Bonchev–Trinajstić information content (AvgIpc) is 2.69. The molecule has 0 saturated carbocycles. The highest BCUT2D eigenvalue weighted by Crippen LogP contribution is 2.37. The number of rotatable bonds is 2. The van der Waals surface area contributed by atoms with Gasteiger partial charge in [-0.15, -0.1) is 5.01 Å². The molecule has 2 aromatic rings. The summed E-state index contributed by atoms with van der Waals surface area (Å²) >= 11 is 0. The number of hydrogen-bond acceptors (Lipinski definition) is 5.